The van der Waals surface area contributed by atoms with Gasteiger partial charge in [0.25, 0.3) is 5.91 Å². The predicted octanol–water partition coefficient (Wildman–Crippen LogP) is 2.73. The molecule has 0 radical (unpaired) electrons. The van der Waals surface area contributed by atoms with Crippen LogP contribution in [-0.4, -0.2) is 10.5 Å². The monoisotopic (exact) mass is 276 g/mol. The van der Waals surface area contributed by atoms with E-state index >= 15 is 0 Å². The van der Waals surface area contributed by atoms with Crippen molar-refractivity contribution in [3.63, 3.8) is 0 Å². The van der Waals surface area contributed by atoms with Crippen molar-refractivity contribution < 1.29 is 4.79 Å². The molecule has 19 heavy (non-hydrogen) atoms. The lowest BCUT2D eigenvalue weighted by Gasteiger charge is -2.55. The highest BCUT2D eigenvalue weighted by Crippen LogP contribution is 2.60. The smallest absolute Gasteiger partial charge is 0.254 e. The molecule has 4 bridgehead atoms. The summed E-state index contributed by atoms with van der Waals surface area (Å²) in [6.45, 7) is 0. The lowest BCUT2D eigenvalue weighted by atomic mass is 9.49. The van der Waals surface area contributed by atoms with Gasteiger partial charge in [0.05, 0.1) is 5.41 Å². The summed E-state index contributed by atoms with van der Waals surface area (Å²) in [5.41, 5.74) is -0.0915. The fourth-order valence-electron chi connectivity index (χ4n) is 5.01. The molecule has 0 N–H and O–H groups in total. The van der Waals surface area contributed by atoms with E-state index in [2.05, 4.69) is 4.99 Å². The van der Waals surface area contributed by atoms with Gasteiger partial charge in [-0.05, 0) is 56.3 Å². The van der Waals surface area contributed by atoms with E-state index in [0.29, 0.717) is 0 Å². The highest BCUT2D eigenvalue weighted by Gasteiger charge is 2.54. The van der Waals surface area contributed by atoms with Crippen molar-refractivity contribution >= 4 is 17.2 Å². The van der Waals surface area contributed by atoms with Crippen molar-refractivity contribution in [2.24, 2.45) is 35.2 Å². The van der Waals surface area contributed by atoms with Gasteiger partial charge < -0.3 is 4.57 Å². The summed E-state index contributed by atoms with van der Waals surface area (Å²) in [5, 5.41) is 1.99. The molecule has 1 aromatic rings. The van der Waals surface area contributed by atoms with Crippen LogP contribution in [0.1, 0.15) is 38.5 Å². The molecule has 4 fully saturated rings. The number of amides is 1. The van der Waals surface area contributed by atoms with Crippen LogP contribution in [0.25, 0.3) is 0 Å². The van der Waals surface area contributed by atoms with E-state index in [-0.39, 0.29) is 11.3 Å². The van der Waals surface area contributed by atoms with Crippen LogP contribution in [0, 0.1) is 23.2 Å². The van der Waals surface area contributed by atoms with E-state index in [9.17, 15) is 4.79 Å². The minimum Gasteiger partial charge on any atom is -0.327 e. The van der Waals surface area contributed by atoms with Gasteiger partial charge in [-0.2, -0.15) is 4.99 Å². The third-order valence-electron chi connectivity index (χ3n) is 5.45. The van der Waals surface area contributed by atoms with E-state index < -0.39 is 0 Å². The Bertz CT molecular complexity index is 548. The predicted molar refractivity (Wildman–Crippen MR) is 74.5 cm³/mol. The zero-order valence-corrected chi connectivity index (χ0v) is 12.2. The molecule has 0 unspecified atom stereocenters. The summed E-state index contributed by atoms with van der Waals surface area (Å²) in [4.78, 5) is 18.0. The van der Waals surface area contributed by atoms with Crippen LogP contribution in [0.2, 0.25) is 0 Å². The van der Waals surface area contributed by atoms with Crippen molar-refractivity contribution in [3.05, 3.63) is 16.4 Å². The van der Waals surface area contributed by atoms with Gasteiger partial charge in [0.1, 0.15) is 0 Å². The number of carbonyl (C=O) groups is 1. The number of nitrogens with zero attached hydrogens (tertiary/aromatic N) is 2. The highest BCUT2D eigenvalue weighted by atomic mass is 32.1. The molecule has 4 aliphatic rings. The number of aromatic nitrogens is 1. The molecule has 4 saturated carbocycles. The standard InChI is InChI=1S/C15H20N2OS/c1-17-2-3-19-14(17)16-13(18)15-7-10-4-11(8-15)6-12(5-10)9-15/h2-3,10-12H,4-9H2,1H3. The van der Waals surface area contributed by atoms with Crippen LogP contribution in [-0.2, 0) is 11.8 Å². The topological polar surface area (TPSA) is 34.4 Å². The first-order chi connectivity index (χ1) is 9.14. The average Bonchev–Trinajstić information content (AvgIpc) is 2.73. The highest BCUT2D eigenvalue weighted by molar-refractivity contribution is 7.07. The molecular formula is C15H20N2OS. The van der Waals surface area contributed by atoms with Crippen molar-refractivity contribution in [1.29, 1.82) is 0 Å². The van der Waals surface area contributed by atoms with Crippen LogP contribution in [0.4, 0.5) is 0 Å². The van der Waals surface area contributed by atoms with Gasteiger partial charge in [-0.25, -0.2) is 0 Å². The Morgan fingerprint density at radius 2 is 1.84 bits per heavy atom. The van der Waals surface area contributed by atoms with Crippen LogP contribution < -0.4 is 4.80 Å². The Balaban J connectivity index is 1.69. The Labute approximate surface area is 117 Å². The molecule has 5 rings (SSSR count). The first kappa shape index (κ1) is 11.9. The van der Waals surface area contributed by atoms with Crippen LogP contribution in [0.5, 0.6) is 0 Å². The zero-order chi connectivity index (χ0) is 13.0. The molecule has 0 atom stereocenters. The third-order valence-corrected chi connectivity index (χ3v) is 6.30. The third kappa shape index (κ3) is 1.83. The fourth-order valence-corrected chi connectivity index (χ4v) is 5.74. The number of rotatable bonds is 1. The van der Waals surface area contributed by atoms with Crippen molar-refractivity contribution in [2.45, 2.75) is 38.5 Å². The second-order valence-corrected chi connectivity index (χ2v) is 7.78. The number of carbonyl (C=O) groups excluding carboxylic acids is 1. The summed E-state index contributed by atoms with van der Waals surface area (Å²) in [6, 6.07) is 0. The molecule has 3 nitrogen and oxygen atoms in total. The van der Waals surface area contributed by atoms with Gasteiger partial charge >= 0.3 is 0 Å². The number of hydrogen-bond acceptors (Lipinski definition) is 2. The van der Waals surface area contributed by atoms with Gasteiger partial charge in [-0.3, -0.25) is 4.79 Å². The van der Waals surface area contributed by atoms with E-state index in [1.54, 1.807) is 11.3 Å². The minimum absolute atomic E-state index is 0.0915. The van der Waals surface area contributed by atoms with E-state index in [1.807, 2.05) is 23.2 Å². The zero-order valence-electron chi connectivity index (χ0n) is 11.3. The van der Waals surface area contributed by atoms with Crippen molar-refractivity contribution in [1.82, 2.24) is 4.57 Å². The minimum atomic E-state index is -0.0915. The Hall–Kier alpha value is -0.900. The normalized spacial score (nSPS) is 40.9. The Kier molecular flexibility index (Phi) is 2.53. The first-order valence-corrected chi connectivity index (χ1v) is 8.22. The molecule has 0 aromatic carbocycles. The molecule has 4 aliphatic carbocycles. The number of hydrogen-bond donors (Lipinski definition) is 0. The summed E-state index contributed by atoms with van der Waals surface area (Å²) in [5.74, 6) is 2.59. The van der Waals surface area contributed by atoms with Crippen molar-refractivity contribution in [3.8, 4) is 0 Å². The maximum absolute atomic E-state index is 12.7. The summed E-state index contributed by atoms with van der Waals surface area (Å²) in [6.07, 6.45) is 9.41. The van der Waals surface area contributed by atoms with E-state index in [0.717, 1.165) is 41.8 Å². The number of thiazole rings is 1. The Morgan fingerprint density at radius 3 is 2.32 bits per heavy atom. The first-order valence-electron chi connectivity index (χ1n) is 7.34. The lowest BCUT2D eigenvalue weighted by molar-refractivity contribution is -0.142. The molecule has 102 valence electrons. The summed E-state index contributed by atoms with van der Waals surface area (Å²) in [7, 11) is 1.96. The maximum Gasteiger partial charge on any atom is 0.254 e. The fraction of sp³-hybridized carbons (Fsp3) is 0.733. The largest absolute Gasteiger partial charge is 0.327 e. The van der Waals surface area contributed by atoms with Crippen LogP contribution in [0.3, 0.4) is 0 Å². The van der Waals surface area contributed by atoms with Gasteiger partial charge in [0.2, 0.25) is 0 Å². The van der Waals surface area contributed by atoms with Gasteiger partial charge in [0.15, 0.2) is 4.80 Å². The molecule has 0 spiro atoms. The number of aryl methyl sites for hydroxylation is 1. The summed E-state index contributed by atoms with van der Waals surface area (Å²) >= 11 is 1.56. The van der Waals surface area contributed by atoms with Gasteiger partial charge in [-0.1, -0.05) is 0 Å². The second kappa shape index (κ2) is 4.05. The molecule has 1 amide bonds. The molecule has 1 aromatic heterocycles. The molecule has 0 aliphatic heterocycles. The lowest BCUT2D eigenvalue weighted by Crippen LogP contribution is -2.49. The Morgan fingerprint density at radius 1 is 1.26 bits per heavy atom. The van der Waals surface area contributed by atoms with E-state index in [1.165, 1.54) is 19.3 Å². The van der Waals surface area contributed by atoms with Crippen LogP contribution >= 0.6 is 11.3 Å². The summed E-state index contributed by atoms with van der Waals surface area (Å²) < 4.78 is 1.95. The molecule has 4 heteroatoms. The maximum atomic E-state index is 12.7. The molecular weight excluding hydrogens is 256 g/mol. The van der Waals surface area contributed by atoms with Gasteiger partial charge in [0, 0.05) is 18.6 Å². The van der Waals surface area contributed by atoms with Crippen molar-refractivity contribution in [2.75, 3.05) is 0 Å². The van der Waals surface area contributed by atoms with Gasteiger partial charge in [-0.15, -0.1) is 11.3 Å². The quantitative estimate of drug-likeness (QED) is 0.776. The molecule has 1 heterocycles. The van der Waals surface area contributed by atoms with E-state index in [4.69, 9.17) is 0 Å². The molecule has 0 saturated heterocycles. The second-order valence-electron chi connectivity index (χ2n) is 6.91. The average molecular weight is 276 g/mol. The SMILES string of the molecule is Cn1ccsc1=NC(=O)C12CC3CC(CC(C3)C1)C2. The van der Waals surface area contributed by atoms with Crippen LogP contribution in [0.15, 0.2) is 16.6 Å².